The van der Waals surface area contributed by atoms with Crippen LogP contribution in [0.1, 0.15) is 13.8 Å². The van der Waals surface area contributed by atoms with Crippen molar-refractivity contribution in [3.63, 3.8) is 0 Å². The second-order valence-corrected chi connectivity index (χ2v) is 7.65. The van der Waals surface area contributed by atoms with Gasteiger partial charge in [-0.3, -0.25) is 4.72 Å². The van der Waals surface area contributed by atoms with Gasteiger partial charge in [0.15, 0.2) is 0 Å². The van der Waals surface area contributed by atoms with Crippen molar-refractivity contribution in [3.05, 3.63) is 16.7 Å². The summed E-state index contributed by atoms with van der Waals surface area (Å²) in [5.41, 5.74) is 0.294. The summed E-state index contributed by atoms with van der Waals surface area (Å²) in [7, 11) is -0.717. The molecule has 0 saturated carbocycles. The van der Waals surface area contributed by atoms with Crippen molar-refractivity contribution in [1.82, 2.24) is 14.6 Å². The lowest BCUT2D eigenvalue weighted by Gasteiger charge is -2.16. The van der Waals surface area contributed by atoms with Crippen molar-refractivity contribution in [2.24, 2.45) is 0 Å². The normalized spacial score (nSPS) is 12.0. The molecule has 1 rings (SSSR count). The van der Waals surface area contributed by atoms with Crippen LogP contribution in [-0.4, -0.2) is 51.0 Å². The van der Waals surface area contributed by atoms with E-state index in [9.17, 15) is 8.42 Å². The molecule has 120 valence electrons. The van der Waals surface area contributed by atoms with Crippen LogP contribution in [0.5, 0.6) is 5.88 Å². The van der Waals surface area contributed by atoms with Crippen LogP contribution in [-0.2, 0) is 10.2 Å². The Morgan fingerprint density at radius 3 is 2.67 bits per heavy atom. The highest BCUT2D eigenvalue weighted by molar-refractivity contribution is 9.10. The summed E-state index contributed by atoms with van der Waals surface area (Å²) in [6, 6.07) is 1.97. The molecule has 0 saturated heterocycles. The fourth-order valence-corrected chi connectivity index (χ4v) is 2.28. The number of hydrogen-bond donors (Lipinski definition) is 2. The van der Waals surface area contributed by atoms with E-state index in [0.717, 1.165) is 4.31 Å². The third kappa shape index (κ3) is 6.16. The Morgan fingerprint density at radius 1 is 1.43 bits per heavy atom. The first kappa shape index (κ1) is 18.1. The summed E-state index contributed by atoms with van der Waals surface area (Å²) in [5.74, 6) is 0.245. The number of aromatic nitrogens is 1. The van der Waals surface area contributed by atoms with Gasteiger partial charge in [-0.25, -0.2) is 4.98 Å². The quantitative estimate of drug-likeness (QED) is 0.666. The number of rotatable bonds is 8. The first-order valence-electron chi connectivity index (χ1n) is 6.44. The third-order valence-corrected chi connectivity index (χ3v) is 4.30. The van der Waals surface area contributed by atoms with E-state index < -0.39 is 10.2 Å². The Labute approximate surface area is 134 Å². The zero-order valence-corrected chi connectivity index (χ0v) is 15.0. The molecule has 2 N–H and O–H groups in total. The van der Waals surface area contributed by atoms with E-state index in [0.29, 0.717) is 29.4 Å². The fourth-order valence-electron chi connectivity index (χ4n) is 1.34. The molecular weight excluding hydrogens is 360 g/mol. The second kappa shape index (κ2) is 7.92. The number of pyridine rings is 1. The summed E-state index contributed by atoms with van der Waals surface area (Å²) < 4.78 is 33.5. The monoisotopic (exact) mass is 380 g/mol. The van der Waals surface area contributed by atoms with E-state index in [4.69, 9.17) is 4.74 Å². The molecule has 0 aliphatic heterocycles. The number of halogens is 1. The molecule has 21 heavy (non-hydrogen) atoms. The second-order valence-electron chi connectivity index (χ2n) is 4.85. The van der Waals surface area contributed by atoms with Gasteiger partial charge in [0, 0.05) is 37.4 Å². The van der Waals surface area contributed by atoms with Gasteiger partial charge in [0.1, 0.15) is 12.3 Å². The largest absolute Gasteiger partial charge is 0.475 e. The Balaban J connectivity index is 2.80. The number of nitrogens with one attached hydrogen (secondary N) is 2. The lowest BCUT2D eigenvalue weighted by molar-refractivity contribution is 0.299. The molecule has 0 aliphatic carbocycles. The van der Waals surface area contributed by atoms with E-state index in [-0.39, 0.29) is 5.88 Å². The molecule has 0 amide bonds. The molecule has 0 bridgehead atoms. The van der Waals surface area contributed by atoms with Crippen LogP contribution in [0.4, 0.5) is 5.69 Å². The molecule has 9 heteroatoms. The van der Waals surface area contributed by atoms with Crippen LogP contribution >= 0.6 is 15.9 Å². The summed E-state index contributed by atoms with van der Waals surface area (Å²) >= 11 is 3.26. The van der Waals surface area contributed by atoms with E-state index >= 15 is 0 Å². The van der Waals surface area contributed by atoms with Gasteiger partial charge in [0.2, 0.25) is 5.88 Å². The van der Waals surface area contributed by atoms with Gasteiger partial charge in [-0.15, -0.1) is 0 Å². The average Bonchev–Trinajstić information content (AvgIpc) is 2.35. The molecular formula is C12H21BrN4O3S. The molecule has 0 aliphatic rings. The smallest absolute Gasteiger partial charge is 0.301 e. The van der Waals surface area contributed by atoms with Crippen molar-refractivity contribution in [2.75, 3.05) is 32.0 Å². The Kier molecular flexibility index (Phi) is 6.85. The molecule has 0 radical (unpaired) electrons. The van der Waals surface area contributed by atoms with Gasteiger partial charge < -0.3 is 10.1 Å². The molecule has 1 heterocycles. The molecule has 7 nitrogen and oxygen atoms in total. The fraction of sp³-hybridized carbons (Fsp3) is 0.583. The van der Waals surface area contributed by atoms with Gasteiger partial charge in [-0.2, -0.15) is 12.7 Å². The first-order chi connectivity index (χ1) is 9.72. The molecule has 0 fully saturated rings. The minimum atomic E-state index is -3.61. The highest BCUT2D eigenvalue weighted by Gasteiger charge is 2.17. The maximum absolute atomic E-state index is 11.9. The Morgan fingerprint density at radius 2 is 2.10 bits per heavy atom. The Bertz CT molecular complexity index is 564. The van der Waals surface area contributed by atoms with Crippen molar-refractivity contribution in [2.45, 2.75) is 19.9 Å². The SMILES string of the molecule is CC(C)NCCOc1ncc(Br)cc1NS(=O)(=O)N(C)C. The lowest BCUT2D eigenvalue weighted by atomic mass is 10.4. The lowest BCUT2D eigenvalue weighted by Crippen LogP contribution is -2.30. The van der Waals surface area contributed by atoms with Crippen molar-refractivity contribution in [3.8, 4) is 5.88 Å². The summed E-state index contributed by atoms with van der Waals surface area (Å²) in [4.78, 5) is 4.10. The predicted molar refractivity (Wildman–Crippen MR) is 86.8 cm³/mol. The summed E-state index contributed by atoms with van der Waals surface area (Å²) in [6.07, 6.45) is 1.55. The van der Waals surface area contributed by atoms with Crippen LogP contribution in [0.3, 0.4) is 0 Å². The zero-order valence-electron chi connectivity index (χ0n) is 12.6. The number of ether oxygens (including phenoxy) is 1. The van der Waals surface area contributed by atoms with E-state index in [1.54, 1.807) is 12.3 Å². The van der Waals surface area contributed by atoms with Crippen molar-refractivity contribution < 1.29 is 13.2 Å². The molecule has 1 aromatic rings. The van der Waals surface area contributed by atoms with Gasteiger partial charge in [-0.05, 0) is 22.0 Å². The molecule has 0 unspecified atom stereocenters. The topological polar surface area (TPSA) is 83.6 Å². The van der Waals surface area contributed by atoms with Crippen LogP contribution < -0.4 is 14.8 Å². The minimum Gasteiger partial charge on any atom is -0.475 e. The van der Waals surface area contributed by atoms with Crippen LogP contribution in [0.15, 0.2) is 16.7 Å². The molecule has 0 atom stereocenters. The number of anilines is 1. The van der Waals surface area contributed by atoms with Gasteiger partial charge >= 0.3 is 10.2 Å². The zero-order chi connectivity index (χ0) is 16.0. The van der Waals surface area contributed by atoms with Crippen molar-refractivity contribution >= 4 is 31.8 Å². The molecule has 0 spiro atoms. The number of nitrogens with zero attached hydrogens (tertiary/aromatic N) is 2. The van der Waals surface area contributed by atoms with Crippen LogP contribution in [0.25, 0.3) is 0 Å². The maximum atomic E-state index is 11.9. The highest BCUT2D eigenvalue weighted by atomic mass is 79.9. The molecule has 0 aromatic carbocycles. The number of hydrogen-bond acceptors (Lipinski definition) is 5. The van der Waals surface area contributed by atoms with Crippen LogP contribution in [0.2, 0.25) is 0 Å². The van der Waals surface area contributed by atoms with Crippen LogP contribution in [0, 0.1) is 0 Å². The standard InChI is InChI=1S/C12H21BrN4O3S/c1-9(2)14-5-6-20-12-11(7-10(13)8-15-12)16-21(18,19)17(3)4/h7-9,14,16H,5-6H2,1-4H3. The highest BCUT2D eigenvalue weighted by Crippen LogP contribution is 2.26. The predicted octanol–water partition coefficient (Wildman–Crippen LogP) is 1.44. The third-order valence-electron chi connectivity index (χ3n) is 2.43. The van der Waals surface area contributed by atoms with Crippen molar-refractivity contribution in [1.29, 1.82) is 0 Å². The summed E-state index contributed by atoms with van der Waals surface area (Å²) in [6.45, 7) is 5.11. The maximum Gasteiger partial charge on any atom is 0.301 e. The van der Waals surface area contributed by atoms with E-state index in [2.05, 4.69) is 31.0 Å². The summed E-state index contributed by atoms with van der Waals surface area (Å²) in [5, 5.41) is 3.20. The van der Waals surface area contributed by atoms with Gasteiger partial charge in [0.05, 0.1) is 0 Å². The van der Waals surface area contributed by atoms with Gasteiger partial charge in [0.25, 0.3) is 0 Å². The first-order valence-corrected chi connectivity index (χ1v) is 8.67. The average molecular weight is 381 g/mol. The van der Waals surface area contributed by atoms with E-state index in [1.807, 2.05) is 13.8 Å². The van der Waals surface area contributed by atoms with E-state index in [1.165, 1.54) is 14.1 Å². The minimum absolute atomic E-state index is 0.245. The Hall–Kier alpha value is -0.900. The molecule has 1 aromatic heterocycles. The van der Waals surface area contributed by atoms with Gasteiger partial charge in [-0.1, -0.05) is 13.8 Å².